The molecule has 1 aromatic rings. The smallest absolute Gasteiger partial charge is 0.320 e. The Bertz CT molecular complexity index is 759. The van der Waals surface area contributed by atoms with Gasteiger partial charge in [-0.15, -0.1) is 0 Å². The fourth-order valence-electron chi connectivity index (χ4n) is 4.16. The van der Waals surface area contributed by atoms with Gasteiger partial charge in [0.25, 0.3) is 6.71 Å². The molecule has 26 heavy (non-hydrogen) atoms. The SMILES string of the molecule is CCOC(=O)C1(CCC#N)COc2cc(C3CCB(C#N)CC3)ccc21. The molecule has 2 aliphatic heterocycles. The van der Waals surface area contributed by atoms with E-state index in [-0.39, 0.29) is 25.7 Å². The normalized spacial score (nSPS) is 22.0. The summed E-state index contributed by atoms with van der Waals surface area (Å²) in [5, 5.41) is 18.1. The number of benzene rings is 1. The van der Waals surface area contributed by atoms with E-state index in [0.29, 0.717) is 18.9 Å². The maximum Gasteiger partial charge on any atom is 0.320 e. The third kappa shape index (κ3) is 3.29. The number of esters is 1. The van der Waals surface area contributed by atoms with Gasteiger partial charge in [0.15, 0.2) is 0 Å². The van der Waals surface area contributed by atoms with Crippen LogP contribution in [0.25, 0.3) is 0 Å². The standard InChI is InChI=1S/C20H23BN2O3/c1-2-25-19(24)20(8-3-11-22)13-26-18-12-16(4-5-17(18)20)15-6-9-21(14-23)10-7-15/h4-5,12,15H,2-3,6-10,13H2,1H3. The van der Waals surface area contributed by atoms with Crippen molar-refractivity contribution < 1.29 is 14.3 Å². The van der Waals surface area contributed by atoms with Crippen molar-refractivity contribution in [3.05, 3.63) is 29.3 Å². The summed E-state index contributed by atoms with van der Waals surface area (Å²) >= 11 is 0. The van der Waals surface area contributed by atoms with Crippen LogP contribution >= 0.6 is 0 Å². The molecule has 0 radical (unpaired) electrons. The Morgan fingerprint density at radius 1 is 1.38 bits per heavy atom. The molecule has 2 heterocycles. The van der Waals surface area contributed by atoms with Gasteiger partial charge in [0.1, 0.15) is 17.8 Å². The summed E-state index contributed by atoms with van der Waals surface area (Å²) in [6, 6.07) is 8.22. The lowest BCUT2D eigenvalue weighted by molar-refractivity contribution is -0.150. The van der Waals surface area contributed by atoms with Gasteiger partial charge >= 0.3 is 5.97 Å². The molecule has 1 atom stereocenters. The van der Waals surface area contributed by atoms with E-state index in [1.807, 2.05) is 12.1 Å². The highest BCUT2D eigenvalue weighted by Crippen LogP contribution is 2.45. The molecule has 6 heteroatoms. The Kier molecular flexibility index (Phi) is 5.52. The van der Waals surface area contributed by atoms with Crippen molar-refractivity contribution in [1.82, 2.24) is 0 Å². The number of hydrogen-bond donors (Lipinski definition) is 0. The van der Waals surface area contributed by atoms with E-state index in [4.69, 9.17) is 20.0 Å². The fraction of sp³-hybridized carbons (Fsp3) is 0.550. The summed E-state index contributed by atoms with van der Waals surface area (Å²) in [5.41, 5.74) is 1.17. The Morgan fingerprint density at radius 3 is 2.81 bits per heavy atom. The molecule has 134 valence electrons. The van der Waals surface area contributed by atoms with Crippen LogP contribution in [0.2, 0.25) is 12.6 Å². The van der Waals surface area contributed by atoms with Gasteiger partial charge in [0.2, 0.25) is 0 Å². The molecule has 1 aromatic carbocycles. The molecule has 1 unspecified atom stereocenters. The highest BCUT2D eigenvalue weighted by atomic mass is 16.5. The second kappa shape index (κ2) is 7.83. The van der Waals surface area contributed by atoms with Crippen LogP contribution in [0.15, 0.2) is 18.2 Å². The van der Waals surface area contributed by atoms with E-state index in [9.17, 15) is 4.79 Å². The first-order chi connectivity index (χ1) is 12.6. The second-order valence-corrected chi connectivity index (χ2v) is 7.18. The average molecular weight is 350 g/mol. The molecule has 0 amide bonds. The molecule has 1 fully saturated rings. The largest absolute Gasteiger partial charge is 0.492 e. The zero-order valence-electron chi connectivity index (χ0n) is 15.2. The molecule has 2 aliphatic rings. The van der Waals surface area contributed by atoms with Crippen LogP contribution < -0.4 is 4.74 Å². The molecule has 1 saturated heterocycles. The van der Waals surface area contributed by atoms with Crippen molar-refractivity contribution in [2.45, 2.75) is 56.6 Å². The van der Waals surface area contributed by atoms with Crippen molar-refractivity contribution in [3.63, 3.8) is 0 Å². The van der Waals surface area contributed by atoms with E-state index < -0.39 is 5.41 Å². The Balaban J connectivity index is 1.85. The first kappa shape index (κ1) is 18.3. The van der Waals surface area contributed by atoms with Crippen LogP contribution in [0.1, 0.15) is 49.7 Å². The lowest BCUT2D eigenvalue weighted by Gasteiger charge is -2.26. The molecule has 0 N–H and O–H groups in total. The number of hydrogen-bond acceptors (Lipinski definition) is 5. The summed E-state index contributed by atoms with van der Waals surface area (Å²) < 4.78 is 11.2. The zero-order chi connectivity index (χ0) is 18.6. The van der Waals surface area contributed by atoms with Gasteiger partial charge in [0.05, 0.1) is 12.7 Å². The molecule has 0 saturated carbocycles. The van der Waals surface area contributed by atoms with Crippen LogP contribution in [0.5, 0.6) is 5.75 Å². The van der Waals surface area contributed by atoms with Crippen molar-refractivity contribution in [3.8, 4) is 17.8 Å². The number of rotatable bonds is 5. The van der Waals surface area contributed by atoms with E-state index in [2.05, 4.69) is 18.1 Å². The molecule has 0 spiro atoms. The number of carbonyl (C=O) groups is 1. The number of carbonyl (C=O) groups excluding carboxylic acids is 1. The maximum absolute atomic E-state index is 12.6. The van der Waals surface area contributed by atoms with Gasteiger partial charge in [-0.3, -0.25) is 4.79 Å². The van der Waals surface area contributed by atoms with Gasteiger partial charge in [-0.05, 0) is 30.9 Å². The van der Waals surface area contributed by atoms with E-state index in [1.54, 1.807) is 6.92 Å². The predicted molar refractivity (Wildman–Crippen MR) is 98.1 cm³/mol. The van der Waals surface area contributed by atoms with E-state index in [1.165, 1.54) is 5.56 Å². The third-order valence-electron chi connectivity index (χ3n) is 5.71. The summed E-state index contributed by atoms with van der Waals surface area (Å²) in [4.78, 5) is 12.6. The number of nitrogens with zero attached hydrogens (tertiary/aromatic N) is 2. The van der Waals surface area contributed by atoms with Gasteiger partial charge in [-0.2, -0.15) is 5.26 Å². The molecule has 0 aromatic heterocycles. The van der Waals surface area contributed by atoms with E-state index >= 15 is 0 Å². The Hall–Kier alpha value is -2.47. The van der Waals surface area contributed by atoms with Gasteiger partial charge in [0, 0.05) is 18.0 Å². The third-order valence-corrected chi connectivity index (χ3v) is 5.71. The van der Waals surface area contributed by atoms with Crippen LogP contribution in [0, 0.1) is 22.6 Å². The Labute approximate surface area is 155 Å². The van der Waals surface area contributed by atoms with Crippen molar-refractivity contribution >= 4 is 12.7 Å². The van der Waals surface area contributed by atoms with Crippen LogP contribution in [-0.2, 0) is 14.9 Å². The summed E-state index contributed by atoms with van der Waals surface area (Å²) in [5.74, 6) is 3.23. The summed E-state index contributed by atoms with van der Waals surface area (Å²) in [6.07, 6.45) is 4.58. The molecule has 0 aliphatic carbocycles. The van der Waals surface area contributed by atoms with Crippen LogP contribution in [-0.4, -0.2) is 25.9 Å². The van der Waals surface area contributed by atoms with Gasteiger partial charge in [-0.1, -0.05) is 37.6 Å². The lowest BCUT2D eigenvalue weighted by atomic mass is 9.41. The number of fused-ring (bicyclic) bond motifs is 1. The first-order valence-corrected chi connectivity index (χ1v) is 9.35. The van der Waals surface area contributed by atoms with Crippen LogP contribution in [0.4, 0.5) is 0 Å². The minimum atomic E-state index is -0.877. The lowest BCUT2D eigenvalue weighted by Crippen LogP contribution is -2.39. The van der Waals surface area contributed by atoms with E-state index in [0.717, 1.165) is 36.8 Å². The van der Waals surface area contributed by atoms with Crippen molar-refractivity contribution in [1.29, 1.82) is 10.5 Å². The highest BCUT2D eigenvalue weighted by molar-refractivity contribution is 6.67. The molecule has 5 nitrogen and oxygen atoms in total. The predicted octanol–water partition coefficient (Wildman–Crippen LogP) is 3.62. The Morgan fingerprint density at radius 2 is 2.15 bits per heavy atom. The fourth-order valence-corrected chi connectivity index (χ4v) is 4.16. The minimum absolute atomic E-state index is 0.180. The molecular formula is C20H23BN2O3. The van der Waals surface area contributed by atoms with Crippen LogP contribution in [0.3, 0.4) is 0 Å². The average Bonchev–Trinajstić information content (AvgIpc) is 3.06. The summed E-state index contributed by atoms with van der Waals surface area (Å²) in [7, 11) is 0. The quantitative estimate of drug-likeness (QED) is 0.598. The monoisotopic (exact) mass is 350 g/mol. The van der Waals surface area contributed by atoms with Gasteiger partial charge in [-0.25, -0.2) is 5.26 Å². The highest BCUT2D eigenvalue weighted by Gasteiger charge is 2.48. The first-order valence-electron chi connectivity index (χ1n) is 9.35. The number of nitriles is 2. The number of ether oxygens (including phenoxy) is 2. The minimum Gasteiger partial charge on any atom is -0.492 e. The maximum atomic E-state index is 12.6. The summed E-state index contributed by atoms with van der Waals surface area (Å²) in [6.45, 7) is 2.50. The topological polar surface area (TPSA) is 83.1 Å². The molecule has 0 bridgehead atoms. The van der Waals surface area contributed by atoms with Crippen molar-refractivity contribution in [2.24, 2.45) is 0 Å². The molecular weight excluding hydrogens is 327 g/mol. The second-order valence-electron chi connectivity index (χ2n) is 7.18. The van der Waals surface area contributed by atoms with Crippen molar-refractivity contribution in [2.75, 3.05) is 13.2 Å². The van der Waals surface area contributed by atoms with Gasteiger partial charge < -0.3 is 9.47 Å². The zero-order valence-corrected chi connectivity index (χ0v) is 15.2. The molecule has 3 rings (SSSR count).